The third kappa shape index (κ3) is 2.16. The molecule has 0 aliphatic rings. The van der Waals surface area contributed by atoms with Crippen LogP contribution in [-0.2, 0) is 0 Å². The molecule has 0 N–H and O–H groups in total. The summed E-state index contributed by atoms with van der Waals surface area (Å²) < 4.78 is 5.31. The highest BCUT2D eigenvalue weighted by atomic mass is 32.1. The van der Waals surface area contributed by atoms with E-state index in [1.165, 1.54) is 0 Å². The molecule has 0 heterocycles. The molecule has 0 atom stereocenters. The minimum Gasteiger partial charge on any atom is -0.496 e. The molecule has 2 aromatic carbocycles. The zero-order chi connectivity index (χ0) is 10.7. The van der Waals surface area contributed by atoms with Crippen LogP contribution < -0.4 is 4.74 Å². The summed E-state index contributed by atoms with van der Waals surface area (Å²) in [6.45, 7) is 0. The Morgan fingerprint density at radius 1 is 1.00 bits per heavy atom. The quantitative estimate of drug-likeness (QED) is 0.754. The Labute approximate surface area is 95.1 Å². The molecule has 0 aromatic heterocycles. The Morgan fingerprint density at radius 3 is 2.53 bits per heavy atom. The van der Waals surface area contributed by atoms with E-state index in [9.17, 15) is 0 Å². The van der Waals surface area contributed by atoms with Gasteiger partial charge in [0, 0.05) is 10.5 Å². The van der Waals surface area contributed by atoms with Gasteiger partial charge in [-0.25, -0.2) is 0 Å². The number of para-hydroxylation sites is 1. The Balaban J connectivity index is 2.53. The van der Waals surface area contributed by atoms with Crippen molar-refractivity contribution in [1.29, 1.82) is 0 Å². The summed E-state index contributed by atoms with van der Waals surface area (Å²) in [5, 5.41) is 0. The first-order valence-corrected chi connectivity index (χ1v) is 5.18. The number of benzene rings is 2. The molecule has 76 valence electrons. The molecule has 0 unspecified atom stereocenters. The predicted octanol–water partition coefficient (Wildman–Crippen LogP) is 3.65. The van der Waals surface area contributed by atoms with E-state index in [0.717, 1.165) is 21.8 Å². The minimum atomic E-state index is 0.886. The lowest BCUT2D eigenvalue weighted by atomic mass is 10.1. The molecule has 0 aliphatic carbocycles. The Hall–Kier alpha value is -1.41. The van der Waals surface area contributed by atoms with E-state index in [0.29, 0.717) is 0 Å². The van der Waals surface area contributed by atoms with Crippen LogP contribution in [0, 0.1) is 0 Å². The van der Waals surface area contributed by atoms with E-state index in [2.05, 4.69) is 18.7 Å². The van der Waals surface area contributed by atoms with Crippen LogP contribution in [0.15, 0.2) is 53.4 Å². The van der Waals surface area contributed by atoms with E-state index in [-0.39, 0.29) is 0 Å². The van der Waals surface area contributed by atoms with Gasteiger partial charge < -0.3 is 4.74 Å². The van der Waals surface area contributed by atoms with Crippen LogP contribution in [0.25, 0.3) is 11.1 Å². The molecular formula is C13H12OS. The van der Waals surface area contributed by atoms with Crippen molar-refractivity contribution in [2.24, 2.45) is 0 Å². The highest BCUT2D eigenvalue weighted by Crippen LogP contribution is 2.30. The van der Waals surface area contributed by atoms with Crippen molar-refractivity contribution in [2.75, 3.05) is 7.11 Å². The van der Waals surface area contributed by atoms with Crippen molar-refractivity contribution in [3.63, 3.8) is 0 Å². The molecule has 0 amide bonds. The second-order valence-electron chi connectivity index (χ2n) is 3.25. The number of hydrogen-bond donors (Lipinski definition) is 1. The van der Waals surface area contributed by atoms with Crippen LogP contribution in [-0.4, -0.2) is 7.11 Å². The first-order chi connectivity index (χ1) is 7.31. The zero-order valence-electron chi connectivity index (χ0n) is 8.47. The Bertz CT molecular complexity index is 466. The molecule has 2 heteroatoms. The van der Waals surface area contributed by atoms with E-state index in [1.54, 1.807) is 7.11 Å². The maximum absolute atomic E-state index is 5.31. The van der Waals surface area contributed by atoms with Crippen molar-refractivity contribution in [3.05, 3.63) is 48.5 Å². The van der Waals surface area contributed by atoms with Gasteiger partial charge in [-0.2, -0.15) is 0 Å². The van der Waals surface area contributed by atoms with Crippen LogP contribution >= 0.6 is 12.6 Å². The second-order valence-corrected chi connectivity index (χ2v) is 3.77. The fourth-order valence-corrected chi connectivity index (χ4v) is 1.78. The van der Waals surface area contributed by atoms with Gasteiger partial charge in [-0.05, 0) is 23.8 Å². The Kier molecular flexibility index (Phi) is 2.97. The lowest BCUT2D eigenvalue weighted by molar-refractivity contribution is 0.416. The number of ether oxygens (including phenoxy) is 1. The molecule has 0 fully saturated rings. The highest BCUT2D eigenvalue weighted by molar-refractivity contribution is 7.80. The standard InChI is InChI=1S/C13H12OS/c1-14-13-8-3-2-7-12(13)10-5-4-6-11(15)9-10/h2-9,15H,1H3. The lowest BCUT2D eigenvalue weighted by Gasteiger charge is -2.08. The van der Waals surface area contributed by atoms with Crippen LogP contribution in [0.3, 0.4) is 0 Å². The van der Waals surface area contributed by atoms with Crippen molar-refractivity contribution in [1.82, 2.24) is 0 Å². The van der Waals surface area contributed by atoms with Crippen molar-refractivity contribution in [3.8, 4) is 16.9 Å². The summed E-state index contributed by atoms with van der Waals surface area (Å²) in [4.78, 5) is 0.957. The normalized spacial score (nSPS) is 10.0. The first kappa shape index (κ1) is 10.1. The van der Waals surface area contributed by atoms with Crippen molar-refractivity contribution in [2.45, 2.75) is 4.90 Å². The van der Waals surface area contributed by atoms with E-state index >= 15 is 0 Å². The average Bonchev–Trinajstić information content (AvgIpc) is 2.29. The van der Waals surface area contributed by atoms with Crippen molar-refractivity contribution >= 4 is 12.6 Å². The molecular weight excluding hydrogens is 204 g/mol. The van der Waals surface area contributed by atoms with Crippen LogP contribution in [0.4, 0.5) is 0 Å². The summed E-state index contributed by atoms with van der Waals surface area (Å²) >= 11 is 4.33. The molecule has 1 nitrogen and oxygen atoms in total. The summed E-state index contributed by atoms with van der Waals surface area (Å²) in [6, 6.07) is 16.0. The van der Waals surface area contributed by atoms with Crippen LogP contribution in [0.2, 0.25) is 0 Å². The zero-order valence-corrected chi connectivity index (χ0v) is 9.37. The molecule has 0 saturated carbocycles. The molecule has 0 aliphatic heterocycles. The van der Waals surface area contributed by atoms with E-state index < -0.39 is 0 Å². The Morgan fingerprint density at radius 2 is 1.80 bits per heavy atom. The largest absolute Gasteiger partial charge is 0.496 e. The van der Waals surface area contributed by atoms with Crippen LogP contribution in [0.5, 0.6) is 5.75 Å². The monoisotopic (exact) mass is 216 g/mol. The summed E-state index contributed by atoms with van der Waals surface area (Å²) in [7, 11) is 1.68. The fourth-order valence-electron chi connectivity index (χ4n) is 1.56. The smallest absolute Gasteiger partial charge is 0.126 e. The van der Waals surface area contributed by atoms with Crippen LogP contribution in [0.1, 0.15) is 0 Å². The van der Waals surface area contributed by atoms with E-state index in [1.807, 2.05) is 42.5 Å². The molecule has 2 rings (SSSR count). The van der Waals surface area contributed by atoms with Crippen molar-refractivity contribution < 1.29 is 4.74 Å². The maximum atomic E-state index is 5.31. The van der Waals surface area contributed by atoms with Gasteiger partial charge in [0.15, 0.2) is 0 Å². The molecule has 0 bridgehead atoms. The summed E-state index contributed by atoms with van der Waals surface area (Å²) in [6.07, 6.45) is 0. The van der Waals surface area contributed by atoms with Gasteiger partial charge in [0.2, 0.25) is 0 Å². The molecule has 2 aromatic rings. The second kappa shape index (κ2) is 4.41. The number of thiol groups is 1. The van der Waals surface area contributed by atoms with Gasteiger partial charge in [-0.1, -0.05) is 30.3 Å². The molecule has 0 radical (unpaired) electrons. The van der Waals surface area contributed by atoms with Gasteiger partial charge in [-0.3, -0.25) is 0 Å². The average molecular weight is 216 g/mol. The molecule has 0 spiro atoms. The summed E-state index contributed by atoms with van der Waals surface area (Å²) in [5.74, 6) is 0.886. The van der Waals surface area contributed by atoms with Gasteiger partial charge in [0.05, 0.1) is 7.11 Å². The summed E-state index contributed by atoms with van der Waals surface area (Å²) in [5.41, 5.74) is 2.22. The number of rotatable bonds is 2. The number of methoxy groups -OCH3 is 1. The molecule has 15 heavy (non-hydrogen) atoms. The van der Waals surface area contributed by atoms with Gasteiger partial charge >= 0.3 is 0 Å². The number of hydrogen-bond acceptors (Lipinski definition) is 2. The maximum Gasteiger partial charge on any atom is 0.126 e. The predicted molar refractivity (Wildman–Crippen MR) is 65.7 cm³/mol. The fraction of sp³-hybridized carbons (Fsp3) is 0.0769. The van der Waals surface area contributed by atoms with Gasteiger partial charge in [0.25, 0.3) is 0 Å². The highest BCUT2D eigenvalue weighted by Gasteiger charge is 2.03. The van der Waals surface area contributed by atoms with Gasteiger partial charge in [-0.15, -0.1) is 12.6 Å². The van der Waals surface area contributed by atoms with Gasteiger partial charge in [0.1, 0.15) is 5.75 Å². The first-order valence-electron chi connectivity index (χ1n) is 4.73. The lowest BCUT2D eigenvalue weighted by Crippen LogP contribution is -1.86. The third-order valence-electron chi connectivity index (χ3n) is 2.26. The van der Waals surface area contributed by atoms with E-state index in [4.69, 9.17) is 4.74 Å². The SMILES string of the molecule is COc1ccccc1-c1cccc(S)c1. The molecule has 0 saturated heterocycles. The minimum absolute atomic E-state index is 0.886. The topological polar surface area (TPSA) is 9.23 Å². The third-order valence-corrected chi connectivity index (χ3v) is 2.54.